The maximum Gasteiger partial charge on any atom is 0.509 e. The van der Waals surface area contributed by atoms with Crippen LogP contribution in [-0.2, 0) is 27.9 Å². The average molecular weight is 665 g/mol. The van der Waals surface area contributed by atoms with Crippen LogP contribution in [0.4, 0.5) is 4.79 Å². The van der Waals surface area contributed by atoms with E-state index in [1.54, 1.807) is 0 Å². The maximum atomic E-state index is 13.3. The van der Waals surface area contributed by atoms with Crippen molar-refractivity contribution in [3.05, 3.63) is 23.3 Å². The minimum Gasteiger partial charge on any atom is -0.455 e. The predicted octanol–water partition coefficient (Wildman–Crippen LogP) is 8.07. The molecule has 7 atom stereocenters. The van der Waals surface area contributed by atoms with E-state index < -0.39 is 75.5 Å². The Balaban J connectivity index is 2.10. The molecule has 0 radical (unpaired) electrons. The molecule has 2 saturated carbocycles. The van der Waals surface area contributed by atoms with E-state index in [-0.39, 0.29) is 11.6 Å². The first kappa shape index (κ1) is 36.4. The van der Waals surface area contributed by atoms with Gasteiger partial charge in [0, 0.05) is 24.9 Å². The molecule has 10 heteroatoms. The van der Waals surface area contributed by atoms with Gasteiger partial charge in [-0.1, -0.05) is 73.1 Å². The molecule has 1 aliphatic heterocycles. The summed E-state index contributed by atoms with van der Waals surface area (Å²) < 4.78 is 33.4. The monoisotopic (exact) mass is 664 g/mol. The summed E-state index contributed by atoms with van der Waals surface area (Å²) in [7, 11) is -4.62. The van der Waals surface area contributed by atoms with Gasteiger partial charge in [0.1, 0.15) is 6.10 Å². The summed E-state index contributed by atoms with van der Waals surface area (Å²) >= 11 is 0. The van der Waals surface area contributed by atoms with E-state index in [9.17, 15) is 14.7 Å². The number of esters is 1. The molecule has 1 N–H and O–H groups in total. The fourth-order valence-corrected chi connectivity index (χ4v) is 12.8. The van der Waals surface area contributed by atoms with Gasteiger partial charge in [-0.25, -0.2) is 4.79 Å². The van der Waals surface area contributed by atoms with Gasteiger partial charge in [0.05, 0.1) is 11.5 Å². The fourth-order valence-electron chi connectivity index (χ4n) is 8.82. The zero-order valence-electron chi connectivity index (χ0n) is 30.1. The molecule has 0 aromatic heterocycles. The van der Waals surface area contributed by atoms with E-state index >= 15 is 0 Å². The second-order valence-electron chi connectivity index (χ2n) is 16.3. The van der Waals surface area contributed by atoms with Gasteiger partial charge in [0.15, 0.2) is 34.4 Å². The van der Waals surface area contributed by atoms with Crippen molar-refractivity contribution in [2.75, 3.05) is 6.61 Å². The third-order valence-electron chi connectivity index (χ3n) is 12.9. The van der Waals surface area contributed by atoms with Crippen molar-refractivity contribution in [1.82, 2.24) is 0 Å². The van der Waals surface area contributed by atoms with Crippen LogP contribution in [0.1, 0.15) is 94.9 Å². The Labute approximate surface area is 273 Å². The van der Waals surface area contributed by atoms with E-state index in [4.69, 9.17) is 23.1 Å². The summed E-state index contributed by atoms with van der Waals surface area (Å²) in [5.41, 5.74) is -0.273. The Kier molecular flexibility index (Phi) is 9.87. The predicted molar refractivity (Wildman–Crippen MR) is 181 cm³/mol. The summed E-state index contributed by atoms with van der Waals surface area (Å²) in [4.78, 5) is 26.2. The summed E-state index contributed by atoms with van der Waals surface area (Å²) in [5.74, 6) is -1.02. The van der Waals surface area contributed by atoms with Crippen LogP contribution in [0.3, 0.4) is 0 Å². The first-order valence-electron chi connectivity index (χ1n) is 17.1. The van der Waals surface area contributed by atoms with Crippen molar-refractivity contribution in [2.24, 2.45) is 16.7 Å². The van der Waals surface area contributed by atoms with Gasteiger partial charge >= 0.3 is 12.1 Å². The zero-order valence-corrected chi connectivity index (χ0v) is 32.1. The van der Waals surface area contributed by atoms with Crippen LogP contribution in [0, 0.1) is 16.7 Å². The first-order chi connectivity index (χ1) is 20.7. The largest absolute Gasteiger partial charge is 0.509 e. The molecule has 1 saturated heterocycles. The fraction of sp³-hybridized carbons (Fsp3) is 0.829. The van der Waals surface area contributed by atoms with Crippen molar-refractivity contribution in [3.8, 4) is 0 Å². The van der Waals surface area contributed by atoms with Gasteiger partial charge < -0.3 is 28.2 Å². The van der Waals surface area contributed by atoms with Crippen LogP contribution in [-0.4, -0.2) is 70.5 Å². The standard InChI is InChI=1S/C35H60O8Si2/c1-14-45(15-2,16-3)43-25-18-17-22(4)27-30-35(42-31(38)41-30)20-19-23(5)26(33(35,10)11)28(40-24(6)36)29(37)34(25,27)21-39-44(12,13)32(7,8)9/h25,27-30,37H,4,14-21H2,1-3,5-13H3/t25-,27-,28+,29+,30-,34+,35+/m0/s1. The van der Waals surface area contributed by atoms with Crippen molar-refractivity contribution in [2.45, 2.75) is 161 Å². The highest BCUT2D eigenvalue weighted by Crippen LogP contribution is 2.65. The van der Waals surface area contributed by atoms with Crippen molar-refractivity contribution >= 4 is 28.8 Å². The zero-order chi connectivity index (χ0) is 34.0. The normalized spacial score (nSPS) is 35.1. The van der Waals surface area contributed by atoms with Crippen LogP contribution in [0.15, 0.2) is 23.3 Å². The average Bonchev–Trinajstić information content (AvgIpc) is 3.28. The molecule has 256 valence electrons. The highest BCUT2D eigenvalue weighted by atomic mass is 28.4. The van der Waals surface area contributed by atoms with Crippen LogP contribution in [0.2, 0.25) is 36.3 Å². The minimum absolute atomic E-state index is 0.0977. The van der Waals surface area contributed by atoms with Gasteiger partial charge in [-0.05, 0) is 74.4 Å². The highest BCUT2D eigenvalue weighted by molar-refractivity contribution is 6.74. The number of ether oxygens (including phenoxy) is 3. The number of allylic oxidation sites excluding steroid dienone is 1. The Morgan fingerprint density at radius 3 is 2.24 bits per heavy atom. The molecule has 0 unspecified atom stereocenters. The second-order valence-corrected chi connectivity index (χ2v) is 25.8. The molecule has 3 aliphatic carbocycles. The number of carbonyl (C=O) groups excluding carboxylic acids is 2. The maximum absolute atomic E-state index is 13.3. The van der Waals surface area contributed by atoms with Gasteiger partial charge in [-0.15, -0.1) is 0 Å². The second kappa shape index (κ2) is 12.2. The number of hydrogen-bond donors (Lipinski definition) is 1. The smallest absolute Gasteiger partial charge is 0.455 e. The van der Waals surface area contributed by atoms with Crippen molar-refractivity contribution < 1.29 is 37.8 Å². The van der Waals surface area contributed by atoms with Crippen molar-refractivity contribution in [3.63, 3.8) is 0 Å². The van der Waals surface area contributed by atoms with Crippen LogP contribution in [0.5, 0.6) is 0 Å². The van der Waals surface area contributed by atoms with E-state index in [1.807, 2.05) is 20.8 Å². The minimum atomic E-state index is -2.38. The molecule has 4 rings (SSSR count). The molecule has 8 nitrogen and oxygen atoms in total. The van der Waals surface area contributed by atoms with Gasteiger partial charge in [-0.3, -0.25) is 4.79 Å². The molecule has 4 aliphatic rings. The lowest BCUT2D eigenvalue weighted by molar-refractivity contribution is -0.217. The number of aliphatic hydroxyl groups excluding tert-OH is 1. The summed E-state index contributed by atoms with van der Waals surface area (Å²) in [6.07, 6.45) is -1.58. The molecular formula is C35H60O8Si2. The highest BCUT2D eigenvalue weighted by Gasteiger charge is 2.74. The number of rotatable bonds is 9. The summed E-state index contributed by atoms with van der Waals surface area (Å²) in [5, 5.41) is 13.1. The number of fused-ring (bicyclic) bond motifs is 3. The lowest BCUT2D eigenvalue weighted by Crippen LogP contribution is -2.72. The Hall–Kier alpha value is -1.47. The Morgan fingerprint density at radius 2 is 1.71 bits per heavy atom. The molecule has 1 spiro atoms. The van der Waals surface area contributed by atoms with E-state index in [1.165, 1.54) is 6.92 Å². The Morgan fingerprint density at radius 1 is 1.11 bits per heavy atom. The number of hydrogen-bond acceptors (Lipinski definition) is 8. The molecule has 45 heavy (non-hydrogen) atoms. The third kappa shape index (κ3) is 5.62. The van der Waals surface area contributed by atoms with Crippen molar-refractivity contribution in [1.29, 1.82) is 0 Å². The SMILES string of the molecule is C=C1CC[C@H](O[Si](CC)(CC)CC)[C@@]2(CO[Si](C)(C)C(C)(C)C)[C@H](O)[C@H](OC(C)=O)C3=C(C)CC[C@]4(OC(=O)O[C@H]4[C@H]12)C3(C)C. The lowest BCUT2D eigenvalue weighted by Gasteiger charge is -2.63. The molecule has 0 amide bonds. The molecular weight excluding hydrogens is 605 g/mol. The molecule has 0 aromatic carbocycles. The van der Waals surface area contributed by atoms with Gasteiger partial charge in [0.2, 0.25) is 0 Å². The summed E-state index contributed by atoms with van der Waals surface area (Å²) in [6.45, 7) is 29.9. The van der Waals surface area contributed by atoms with Crippen LogP contribution >= 0.6 is 0 Å². The van der Waals surface area contributed by atoms with E-state index in [2.05, 4.69) is 61.2 Å². The number of aliphatic hydroxyl groups is 1. The summed E-state index contributed by atoms with van der Waals surface area (Å²) in [6, 6.07) is 2.81. The molecule has 2 bridgehead atoms. The first-order valence-corrected chi connectivity index (χ1v) is 22.6. The molecule has 0 aromatic rings. The van der Waals surface area contributed by atoms with Crippen LogP contribution in [0.25, 0.3) is 0 Å². The topological polar surface area (TPSA) is 101 Å². The third-order valence-corrected chi connectivity index (χ3v) is 22.0. The van der Waals surface area contributed by atoms with E-state index in [0.29, 0.717) is 25.7 Å². The van der Waals surface area contributed by atoms with Crippen LogP contribution < -0.4 is 0 Å². The molecule has 3 fully saturated rings. The number of carbonyl (C=O) groups is 2. The quantitative estimate of drug-likeness (QED) is 0.150. The lowest BCUT2D eigenvalue weighted by atomic mass is 9.47. The van der Waals surface area contributed by atoms with E-state index in [0.717, 1.165) is 34.9 Å². The Bertz CT molecular complexity index is 1210. The van der Waals surface area contributed by atoms with Gasteiger partial charge in [-0.2, -0.15) is 0 Å². The molecule has 1 heterocycles. The van der Waals surface area contributed by atoms with Gasteiger partial charge in [0.25, 0.3) is 0 Å².